The number of aryl methyl sites for hydroxylation is 2. The zero-order valence-electron chi connectivity index (χ0n) is 14.1. The van der Waals surface area contributed by atoms with E-state index >= 15 is 0 Å². The molecule has 0 saturated carbocycles. The summed E-state index contributed by atoms with van der Waals surface area (Å²) in [7, 11) is 1.93. The summed E-state index contributed by atoms with van der Waals surface area (Å²) in [4.78, 5) is 14.1. The van der Waals surface area contributed by atoms with Gasteiger partial charge in [0.1, 0.15) is 5.75 Å². The molecule has 0 radical (unpaired) electrons. The van der Waals surface area contributed by atoms with Gasteiger partial charge in [-0.3, -0.25) is 4.79 Å². The molecule has 0 aliphatic carbocycles. The van der Waals surface area contributed by atoms with E-state index in [2.05, 4.69) is 17.4 Å². The highest BCUT2D eigenvalue weighted by molar-refractivity contribution is 5.81. The summed E-state index contributed by atoms with van der Waals surface area (Å²) in [5, 5.41) is 3.15. The van der Waals surface area contributed by atoms with Crippen molar-refractivity contribution in [3.63, 3.8) is 0 Å². The molecular formula is C17H28N2O2. The van der Waals surface area contributed by atoms with Gasteiger partial charge in [-0.2, -0.15) is 0 Å². The number of hydrogen-bond acceptors (Lipinski definition) is 3. The van der Waals surface area contributed by atoms with Crippen LogP contribution in [-0.4, -0.2) is 37.0 Å². The Kier molecular flexibility index (Phi) is 6.69. The number of hydrogen-bond donors (Lipinski definition) is 1. The first-order valence-corrected chi connectivity index (χ1v) is 7.64. The summed E-state index contributed by atoms with van der Waals surface area (Å²) in [5.74, 6) is 0.862. The maximum absolute atomic E-state index is 12.3. The number of amides is 1. The van der Waals surface area contributed by atoms with Gasteiger partial charge in [0, 0.05) is 19.6 Å². The Morgan fingerprint density at radius 2 is 1.76 bits per heavy atom. The van der Waals surface area contributed by atoms with Crippen molar-refractivity contribution >= 4 is 5.91 Å². The lowest BCUT2D eigenvalue weighted by Gasteiger charge is -2.25. The molecule has 1 rings (SSSR count). The maximum Gasteiger partial charge on any atom is 0.263 e. The number of ether oxygens (including phenoxy) is 1. The van der Waals surface area contributed by atoms with Gasteiger partial charge < -0.3 is 15.0 Å². The first kappa shape index (κ1) is 17.5. The summed E-state index contributed by atoms with van der Waals surface area (Å²) in [6.45, 7) is 12.1. The topological polar surface area (TPSA) is 41.6 Å². The molecule has 4 nitrogen and oxygen atoms in total. The minimum atomic E-state index is -0.461. The molecule has 0 fully saturated rings. The highest BCUT2D eigenvalue weighted by Crippen LogP contribution is 2.26. The molecule has 1 aromatic carbocycles. The van der Waals surface area contributed by atoms with Gasteiger partial charge in [-0.15, -0.1) is 0 Å². The molecule has 1 N–H and O–H groups in total. The molecule has 0 spiro atoms. The number of likely N-dealkylation sites (N-methyl/N-ethyl adjacent to an activating group) is 1. The summed E-state index contributed by atoms with van der Waals surface area (Å²) in [6, 6.07) is 4.21. The van der Waals surface area contributed by atoms with Crippen molar-refractivity contribution in [3.05, 3.63) is 28.8 Å². The van der Waals surface area contributed by atoms with Crippen LogP contribution in [0.25, 0.3) is 0 Å². The van der Waals surface area contributed by atoms with Crippen molar-refractivity contribution in [2.75, 3.05) is 20.1 Å². The van der Waals surface area contributed by atoms with Crippen molar-refractivity contribution in [3.8, 4) is 5.75 Å². The second-order valence-corrected chi connectivity index (χ2v) is 5.36. The molecule has 0 aliphatic heterocycles. The van der Waals surface area contributed by atoms with E-state index < -0.39 is 6.10 Å². The number of carbonyl (C=O) groups is 1. The summed E-state index contributed by atoms with van der Waals surface area (Å²) in [6.07, 6.45) is -0.461. The lowest BCUT2D eigenvalue weighted by molar-refractivity contribution is -0.137. The van der Waals surface area contributed by atoms with Gasteiger partial charge in [-0.25, -0.2) is 0 Å². The van der Waals surface area contributed by atoms with Gasteiger partial charge in [0.25, 0.3) is 5.91 Å². The van der Waals surface area contributed by atoms with Crippen LogP contribution in [0.4, 0.5) is 0 Å². The number of nitrogens with zero attached hydrogens (tertiary/aromatic N) is 1. The first-order chi connectivity index (χ1) is 9.94. The van der Waals surface area contributed by atoms with E-state index in [9.17, 15) is 4.79 Å². The predicted molar refractivity (Wildman–Crippen MR) is 86.7 cm³/mol. The molecule has 1 amide bonds. The van der Waals surface area contributed by atoms with Crippen LogP contribution < -0.4 is 10.1 Å². The Morgan fingerprint density at radius 1 is 1.24 bits per heavy atom. The smallest absolute Gasteiger partial charge is 0.263 e. The summed E-state index contributed by atoms with van der Waals surface area (Å²) in [5.41, 5.74) is 3.36. The molecule has 0 heterocycles. The fourth-order valence-electron chi connectivity index (χ4n) is 2.55. The van der Waals surface area contributed by atoms with E-state index in [1.807, 2.05) is 41.7 Å². The van der Waals surface area contributed by atoms with Crippen LogP contribution in [0.1, 0.15) is 37.5 Å². The van der Waals surface area contributed by atoms with Gasteiger partial charge in [0.2, 0.25) is 0 Å². The number of carbonyl (C=O) groups excluding carboxylic acids is 1. The largest absolute Gasteiger partial charge is 0.480 e. The van der Waals surface area contributed by atoms with E-state index in [1.54, 1.807) is 4.90 Å². The van der Waals surface area contributed by atoms with E-state index in [-0.39, 0.29) is 5.91 Å². The maximum atomic E-state index is 12.3. The third-order valence-electron chi connectivity index (χ3n) is 3.62. The van der Waals surface area contributed by atoms with E-state index in [0.29, 0.717) is 13.1 Å². The van der Waals surface area contributed by atoms with Gasteiger partial charge >= 0.3 is 0 Å². The molecule has 0 bridgehead atoms. The fraction of sp³-hybridized carbons (Fsp3) is 0.588. The molecule has 0 aliphatic rings. The van der Waals surface area contributed by atoms with E-state index in [0.717, 1.165) is 23.4 Å². The monoisotopic (exact) mass is 292 g/mol. The number of nitrogens with one attached hydrogen (secondary N) is 1. The SMILES string of the molecule is CCN(CC)C(=O)C(C)Oc1c(C)cc(CNC)cc1C. The average Bonchev–Trinajstić information content (AvgIpc) is 2.44. The summed E-state index contributed by atoms with van der Waals surface area (Å²) >= 11 is 0. The van der Waals surface area contributed by atoms with Crippen molar-refractivity contribution < 1.29 is 9.53 Å². The molecule has 1 unspecified atom stereocenters. The lowest BCUT2D eigenvalue weighted by atomic mass is 10.1. The highest BCUT2D eigenvalue weighted by atomic mass is 16.5. The number of benzene rings is 1. The molecule has 0 saturated heterocycles. The Labute approximate surface area is 128 Å². The Morgan fingerprint density at radius 3 is 2.19 bits per heavy atom. The molecular weight excluding hydrogens is 264 g/mol. The third-order valence-corrected chi connectivity index (χ3v) is 3.62. The van der Waals surface area contributed by atoms with E-state index in [4.69, 9.17) is 4.74 Å². The zero-order chi connectivity index (χ0) is 16.0. The molecule has 0 aromatic heterocycles. The second kappa shape index (κ2) is 8.03. The molecule has 118 valence electrons. The molecule has 4 heteroatoms. The lowest BCUT2D eigenvalue weighted by Crippen LogP contribution is -2.40. The second-order valence-electron chi connectivity index (χ2n) is 5.36. The van der Waals surface area contributed by atoms with Crippen LogP contribution in [0.3, 0.4) is 0 Å². The van der Waals surface area contributed by atoms with Crippen LogP contribution in [0.15, 0.2) is 12.1 Å². The predicted octanol–water partition coefficient (Wildman–Crippen LogP) is 2.66. The van der Waals surface area contributed by atoms with Gasteiger partial charge in [-0.05, 0) is 58.4 Å². The Hall–Kier alpha value is -1.55. The third kappa shape index (κ3) is 4.46. The fourth-order valence-corrected chi connectivity index (χ4v) is 2.55. The molecule has 21 heavy (non-hydrogen) atoms. The van der Waals surface area contributed by atoms with E-state index in [1.165, 1.54) is 5.56 Å². The van der Waals surface area contributed by atoms with Crippen molar-refractivity contribution in [1.29, 1.82) is 0 Å². The van der Waals surface area contributed by atoms with Crippen LogP contribution in [-0.2, 0) is 11.3 Å². The molecule has 1 aromatic rings. The van der Waals surface area contributed by atoms with Crippen molar-refractivity contribution in [2.45, 2.75) is 47.3 Å². The average molecular weight is 292 g/mol. The van der Waals surface area contributed by atoms with Crippen LogP contribution in [0, 0.1) is 13.8 Å². The first-order valence-electron chi connectivity index (χ1n) is 7.64. The standard InChI is InChI=1S/C17H28N2O2/c1-7-19(8-2)17(20)14(5)21-16-12(3)9-15(11-18-6)10-13(16)4/h9-10,14,18H,7-8,11H2,1-6H3. The quantitative estimate of drug-likeness (QED) is 0.840. The zero-order valence-corrected chi connectivity index (χ0v) is 14.1. The van der Waals surface area contributed by atoms with Crippen LogP contribution in [0.2, 0.25) is 0 Å². The highest BCUT2D eigenvalue weighted by Gasteiger charge is 2.21. The Bertz CT molecular complexity index is 459. The normalized spacial score (nSPS) is 12.1. The summed E-state index contributed by atoms with van der Waals surface area (Å²) < 4.78 is 5.94. The Balaban J connectivity index is 2.90. The number of rotatable bonds is 7. The van der Waals surface area contributed by atoms with Gasteiger partial charge in [-0.1, -0.05) is 12.1 Å². The van der Waals surface area contributed by atoms with Crippen LogP contribution in [0.5, 0.6) is 5.75 Å². The van der Waals surface area contributed by atoms with Crippen LogP contribution >= 0.6 is 0 Å². The van der Waals surface area contributed by atoms with Crippen molar-refractivity contribution in [1.82, 2.24) is 10.2 Å². The molecule has 1 atom stereocenters. The minimum absolute atomic E-state index is 0.0399. The minimum Gasteiger partial charge on any atom is -0.480 e. The van der Waals surface area contributed by atoms with Gasteiger partial charge in [0.15, 0.2) is 6.10 Å². The van der Waals surface area contributed by atoms with Crippen molar-refractivity contribution in [2.24, 2.45) is 0 Å². The van der Waals surface area contributed by atoms with Gasteiger partial charge in [0.05, 0.1) is 0 Å².